The first-order valence-corrected chi connectivity index (χ1v) is 9.54. The van der Waals surface area contributed by atoms with Crippen LogP contribution in [0, 0.1) is 16.0 Å². The summed E-state index contributed by atoms with van der Waals surface area (Å²) in [6.45, 7) is 5.98. The lowest BCUT2D eigenvalue weighted by atomic mass is 9.86. The molecule has 1 saturated carbocycles. The highest BCUT2D eigenvalue weighted by Crippen LogP contribution is 2.24. The van der Waals surface area contributed by atoms with Crippen LogP contribution in [0.2, 0.25) is 0 Å². The van der Waals surface area contributed by atoms with Crippen LogP contribution in [-0.4, -0.2) is 54.5 Å². The average Bonchev–Trinajstić information content (AvgIpc) is 2.64. The number of nitro groups is 1. The van der Waals surface area contributed by atoms with Crippen LogP contribution in [0.25, 0.3) is 0 Å². The average molecular weight is 360 g/mol. The second kappa shape index (κ2) is 8.49. The van der Waals surface area contributed by atoms with E-state index in [0.717, 1.165) is 38.3 Å². The van der Waals surface area contributed by atoms with Crippen molar-refractivity contribution < 1.29 is 9.72 Å². The fraction of sp³-hybridized carbons (Fsp3) is 0.632. The van der Waals surface area contributed by atoms with Gasteiger partial charge in [-0.05, 0) is 30.9 Å². The topological polar surface area (TPSA) is 78.7 Å². The van der Waals surface area contributed by atoms with Crippen molar-refractivity contribution in [2.45, 2.75) is 38.6 Å². The molecule has 7 nitrogen and oxygen atoms in total. The fourth-order valence-corrected chi connectivity index (χ4v) is 3.94. The summed E-state index contributed by atoms with van der Waals surface area (Å²) < 4.78 is 0. The molecule has 0 bridgehead atoms. The smallest absolute Gasteiger partial charge is 0.269 e. The van der Waals surface area contributed by atoms with E-state index >= 15 is 0 Å². The lowest BCUT2D eigenvalue weighted by molar-refractivity contribution is -0.384. The second-order valence-corrected chi connectivity index (χ2v) is 7.47. The van der Waals surface area contributed by atoms with Crippen molar-refractivity contribution in [2.24, 2.45) is 5.92 Å². The zero-order chi connectivity index (χ0) is 18.5. The van der Waals surface area contributed by atoms with Gasteiger partial charge >= 0.3 is 0 Å². The summed E-state index contributed by atoms with van der Waals surface area (Å²) in [5.74, 6) is 0.708. The normalized spacial score (nSPS) is 24.3. The molecule has 0 radical (unpaired) electrons. The molecule has 3 rings (SSSR count). The third-order valence-corrected chi connectivity index (χ3v) is 5.62. The summed E-state index contributed by atoms with van der Waals surface area (Å²) >= 11 is 0. The van der Waals surface area contributed by atoms with E-state index in [4.69, 9.17) is 0 Å². The second-order valence-electron chi connectivity index (χ2n) is 7.47. The molecule has 1 N–H and O–H groups in total. The highest BCUT2D eigenvalue weighted by atomic mass is 16.6. The Balaban J connectivity index is 1.44. The molecule has 1 aromatic rings. The van der Waals surface area contributed by atoms with Crippen LogP contribution in [0.5, 0.6) is 0 Å². The van der Waals surface area contributed by atoms with E-state index in [9.17, 15) is 14.9 Å². The van der Waals surface area contributed by atoms with E-state index in [1.165, 1.54) is 19.3 Å². The Kier molecular flexibility index (Phi) is 6.08. The van der Waals surface area contributed by atoms with E-state index < -0.39 is 0 Å². The number of carbonyl (C=O) groups excluding carboxylic acids is 1. The van der Waals surface area contributed by atoms with Gasteiger partial charge < -0.3 is 10.2 Å². The van der Waals surface area contributed by atoms with Gasteiger partial charge in [-0.15, -0.1) is 0 Å². The summed E-state index contributed by atoms with van der Waals surface area (Å²) in [7, 11) is 0. The Morgan fingerprint density at radius 1 is 1.15 bits per heavy atom. The molecule has 0 aromatic heterocycles. The molecular formula is C19H28N4O3. The number of non-ortho nitro benzene ring substituents is 1. The summed E-state index contributed by atoms with van der Waals surface area (Å²) in [5.41, 5.74) is 1.11. The van der Waals surface area contributed by atoms with Crippen LogP contribution >= 0.6 is 0 Å². The molecule has 1 aliphatic carbocycles. The van der Waals surface area contributed by atoms with Gasteiger partial charge in [0.25, 0.3) is 5.69 Å². The van der Waals surface area contributed by atoms with E-state index in [-0.39, 0.29) is 16.5 Å². The highest BCUT2D eigenvalue weighted by Gasteiger charge is 2.25. The number of nitrogens with one attached hydrogen (secondary N) is 1. The zero-order valence-electron chi connectivity index (χ0n) is 15.4. The predicted molar refractivity (Wildman–Crippen MR) is 101 cm³/mol. The zero-order valence-corrected chi connectivity index (χ0v) is 15.4. The van der Waals surface area contributed by atoms with Crippen molar-refractivity contribution in [3.05, 3.63) is 34.4 Å². The van der Waals surface area contributed by atoms with Crippen LogP contribution in [0.15, 0.2) is 24.3 Å². The molecular weight excluding hydrogens is 332 g/mol. The number of anilines is 1. The Bertz CT molecular complexity index is 626. The minimum atomic E-state index is -0.381. The highest BCUT2D eigenvalue weighted by molar-refractivity contribution is 5.78. The van der Waals surface area contributed by atoms with Crippen molar-refractivity contribution in [3.63, 3.8) is 0 Å². The van der Waals surface area contributed by atoms with Gasteiger partial charge in [-0.1, -0.05) is 19.8 Å². The Hall–Kier alpha value is -2.15. The monoisotopic (exact) mass is 360 g/mol. The van der Waals surface area contributed by atoms with Gasteiger partial charge in [-0.25, -0.2) is 0 Å². The fourth-order valence-electron chi connectivity index (χ4n) is 3.94. The van der Waals surface area contributed by atoms with Crippen LogP contribution in [0.4, 0.5) is 11.4 Å². The lowest BCUT2D eigenvalue weighted by Crippen LogP contribution is -2.51. The number of piperazine rings is 1. The van der Waals surface area contributed by atoms with Gasteiger partial charge in [0.05, 0.1) is 11.5 Å². The SMILES string of the molecule is C[C@H]1CCCC[C@@H]1NC(=O)CN1CCN(c2ccc([N+](=O)[O-])cc2)CC1. The number of nitro benzene ring substituents is 1. The quantitative estimate of drug-likeness (QED) is 0.644. The largest absolute Gasteiger partial charge is 0.369 e. The van der Waals surface area contributed by atoms with Crippen molar-refractivity contribution in [2.75, 3.05) is 37.6 Å². The Labute approximate surface area is 154 Å². The molecule has 2 atom stereocenters. The van der Waals surface area contributed by atoms with E-state index in [1.807, 2.05) is 0 Å². The maximum atomic E-state index is 12.3. The number of hydrogen-bond donors (Lipinski definition) is 1. The van der Waals surface area contributed by atoms with E-state index in [1.54, 1.807) is 24.3 Å². The van der Waals surface area contributed by atoms with Gasteiger partial charge in [0, 0.05) is 50.0 Å². The number of amides is 1. The molecule has 7 heteroatoms. The first-order chi connectivity index (χ1) is 12.5. The molecule has 1 saturated heterocycles. The van der Waals surface area contributed by atoms with E-state index in [0.29, 0.717) is 18.5 Å². The van der Waals surface area contributed by atoms with Crippen molar-refractivity contribution >= 4 is 17.3 Å². The maximum absolute atomic E-state index is 12.3. The first kappa shape index (κ1) is 18.6. The number of rotatable bonds is 5. The molecule has 1 aromatic carbocycles. The molecule has 2 fully saturated rings. The predicted octanol–water partition coefficient (Wildman–Crippen LogP) is 2.41. The minimum absolute atomic E-state index is 0.112. The van der Waals surface area contributed by atoms with Crippen molar-refractivity contribution in [1.82, 2.24) is 10.2 Å². The number of nitrogens with zero attached hydrogens (tertiary/aromatic N) is 3. The van der Waals surface area contributed by atoms with Crippen LogP contribution in [-0.2, 0) is 4.79 Å². The minimum Gasteiger partial charge on any atom is -0.369 e. The molecule has 1 aliphatic heterocycles. The first-order valence-electron chi connectivity index (χ1n) is 9.54. The molecule has 26 heavy (non-hydrogen) atoms. The van der Waals surface area contributed by atoms with Gasteiger partial charge in [0.1, 0.15) is 0 Å². The van der Waals surface area contributed by atoms with Crippen molar-refractivity contribution in [3.8, 4) is 0 Å². The van der Waals surface area contributed by atoms with Crippen LogP contribution in [0.1, 0.15) is 32.6 Å². The van der Waals surface area contributed by atoms with E-state index in [2.05, 4.69) is 22.0 Å². The number of benzene rings is 1. The molecule has 142 valence electrons. The maximum Gasteiger partial charge on any atom is 0.269 e. The lowest BCUT2D eigenvalue weighted by Gasteiger charge is -2.36. The van der Waals surface area contributed by atoms with Crippen LogP contribution < -0.4 is 10.2 Å². The standard InChI is InChI=1S/C19H28N4O3/c1-15-4-2-3-5-18(15)20-19(24)14-21-10-12-22(13-11-21)16-6-8-17(9-7-16)23(25)26/h6-9,15,18H,2-5,10-14H2,1H3,(H,20,24)/t15-,18-/m0/s1. The molecule has 0 unspecified atom stereocenters. The third-order valence-electron chi connectivity index (χ3n) is 5.62. The number of hydrogen-bond acceptors (Lipinski definition) is 5. The summed E-state index contributed by atoms with van der Waals surface area (Å²) in [6, 6.07) is 7.01. The molecule has 1 amide bonds. The van der Waals surface area contributed by atoms with Crippen molar-refractivity contribution in [1.29, 1.82) is 0 Å². The van der Waals surface area contributed by atoms with Gasteiger partial charge in [0.2, 0.25) is 5.91 Å². The van der Waals surface area contributed by atoms with Gasteiger partial charge in [0.15, 0.2) is 0 Å². The Morgan fingerprint density at radius 2 is 1.81 bits per heavy atom. The van der Waals surface area contributed by atoms with Gasteiger partial charge in [-0.2, -0.15) is 0 Å². The van der Waals surface area contributed by atoms with Crippen LogP contribution in [0.3, 0.4) is 0 Å². The summed E-state index contributed by atoms with van der Waals surface area (Å²) in [4.78, 5) is 27.1. The third kappa shape index (κ3) is 4.72. The Morgan fingerprint density at radius 3 is 2.42 bits per heavy atom. The summed E-state index contributed by atoms with van der Waals surface area (Å²) in [6.07, 6.45) is 4.79. The molecule has 0 spiro atoms. The van der Waals surface area contributed by atoms with Gasteiger partial charge in [-0.3, -0.25) is 19.8 Å². The molecule has 1 heterocycles. The number of carbonyl (C=O) groups is 1. The molecule has 2 aliphatic rings. The summed E-state index contributed by atoms with van der Waals surface area (Å²) in [5, 5.41) is 14.0.